The molecule has 0 aliphatic rings. The highest BCUT2D eigenvalue weighted by Crippen LogP contribution is 2.15. The van der Waals surface area contributed by atoms with E-state index in [9.17, 15) is 9.59 Å². The molecule has 0 spiro atoms. The van der Waals surface area contributed by atoms with Crippen molar-refractivity contribution < 1.29 is 9.59 Å². The molecule has 0 aliphatic carbocycles. The summed E-state index contributed by atoms with van der Waals surface area (Å²) in [5.41, 5.74) is 5.97. The summed E-state index contributed by atoms with van der Waals surface area (Å²) in [6, 6.07) is 6.69. The van der Waals surface area contributed by atoms with Crippen LogP contribution in [0.25, 0.3) is 0 Å². The number of benzene rings is 1. The van der Waals surface area contributed by atoms with Gasteiger partial charge in [0.1, 0.15) is 0 Å². The Morgan fingerprint density at radius 1 is 1.25 bits per heavy atom. The zero-order valence-electron chi connectivity index (χ0n) is 14.7. The molecule has 134 valence electrons. The van der Waals surface area contributed by atoms with E-state index in [2.05, 4.69) is 24.5 Å². The molecule has 1 aromatic rings. The summed E-state index contributed by atoms with van der Waals surface area (Å²) >= 11 is 5.79. The number of carbonyl (C=O) groups excluding carboxylic acids is 2. The van der Waals surface area contributed by atoms with Gasteiger partial charge in [0.25, 0.3) is 5.91 Å². The number of hydrogen-bond donors (Lipinski definition) is 3. The van der Waals surface area contributed by atoms with Crippen molar-refractivity contribution in [1.82, 2.24) is 10.6 Å². The van der Waals surface area contributed by atoms with Gasteiger partial charge in [-0.25, -0.2) is 0 Å². The Morgan fingerprint density at radius 2 is 1.88 bits per heavy atom. The van der Waals surface area contributed by atoms with Crippen molar-refractivity contribution in [1.29, 1.82) is 0 Å². The Bertz CT molecular complexity index is 546. The van der Waals surface area contributed by atoms with Gasteiger partial charge >= 0.3 is 0 Å². The normalized spacial score (nSPS) is 13.4. The van der Waals surface area contributed by atoms with Crippen LogP contribution in [0.15, 0.2) is 24.3 Å². The third kappa shape index (κ3) is 7.32. The number of nitrogens with one attached hydrogen (secondary N) is 2. The average Bonchev–Trinajstić information content (AvgIpc) is 2.51. The molecule has 6 heteroatoms. The van der Waals surface area contributed by atoms with Crippen LogP contribution in [0.3, 0.4) is 0 Å². The van der Waals surface area contributed by atoms with Crippen LogP contribution in [-0.2, 0) is 4.79 Å². The summed E-state index contributed by atoms with van der Waals surface area (Å²) in [6.45, 7) is 7.02. The number of nitrogens with two attached hydrogens (primary N) is 1. The van der Waals surface area contributed by atoms with E-state index in [0.717, 1.165) is 6.42 Å². The smallest absolute Gasteiger partial charge is 0.251 e. The number of halogens is 1. The fourth-order valence-electron chi connectivity index (χ4n) is 2.64. The predicted octanol–water partition coefficient (Wildman–Crippen LogP) is 2.73. The van der Waals surface area contributed by atoms with Crippen molar-refractivity contribution in [2.45, 2.75) is 45.6 Å². The zero-order chi connectivity index (χ0) is 18.2. The highest BCUT2D eigenvalue weighted by Gasteiger charge is 2.25. The Kier molecular flexibility index (Phi) is 8.22. The van der Waals surface area contributed by atoms with Gasteiger partial charge in [-0.2, -0.15) is 0 Å². The highest BCUT2D eigenvalue weighted by molar-refractivity contribution is 6.30. The molecule has 0 aromatic heterocycles. The molecular weight excluding hydrogens is 326 g/mol. The Labute approximate surface area is 149 Å². The van der Waals surface area contributed by atoms with E-state index in [1.54, 1.807) is 24.3 Å². The second-order valence-electron chi connectivity index (χ2n) is 6.78. The Morgan fingerprint density at radius 3 is 2.42 bits per heavy atom. The SMILES string of the molecule is CC(C)CC(C)(CN)NC(=O)CCCNC(=O)c1ccc(Cl)cc1. The molecule has 1 unspecified atom stereocenters. The molecular formula is C18H28ClN3O2. The fraction of sp³-hybridized carbons (Fsp3) is 0.556. The van der Waals surface area contributed by atoms with E-state index in [4.69, 9.17) is 17.3 Å². The van der Waals surface area contributed by atoms with Gasteiger partial charge in [-0.3, -0.25) is 9.59 Å². The Balaban J connectivity index is 2.32. The minimum Gasteiger partial charge on any atom is -0.352 e. The molecule has 2 amide bonds. The quantitative estimate of drug-likeness (QED) is 0.597. The van der Waals surface area contributed by atoms with Gasteiger partial charge in [-0.15, -0.1) is 0 Å². The van der Waals surface area contributed by atoms with Crippen molar-refractivity contribution in [3.05, 3.63) is 34.9 Å². The van der Waals surface area contributed by atoms with E-state index < -0.39 is 0 Å². The van der Waals surface area contributed by atoms with E-state index in [1.807, 2.05) is 6.92 Å². The van der Waals surface area contributed by atoms with Crippen molar-refractivity contribution in [3.8, 4) is 0 Å². The first-order valence-electron chi connectivity index (χ1n) is 8.30. The first-order chi connectivity index (χ1) is 11.3. The molecule has 1 atom stereocenters. The summed E-state index contributed by atoms with van der Waals surface area (Å²) in [7, 11) is 0. The van der Waals surface area contributed by atoms with E-state index in [-0.39, 0.29) is 17.4 Å². The minimum atomic E-state index is -0.377. The third-order valence-corrected chi connectivity index (χ3v) is 3.98. The standard InChI is InChI=1S/C18H28ClN3O2/c1-13(2)11-18(3,12-20)22-16(23)5-4-10-21-17(24)14-6-8-15(19)9-7-14/h6-9,13H,4-5,10-12,20H2,1-3H3,(H,21,24)(H,22,23). The fourth-order valence-corrected chi connectivity index (χ4v) is 2.77. The molecule has 5 nitrogen and oxygen atoms in total. The number of rotatable bonds is 9. The molecule has 0 heterocycles. The van der Waals surface area contributed by atoms with Crippen molar-refractivity contribution in [3.63, 3.8) is 0 Å². The second-order valence-corrected chi connectivity index (χ2v) is 7.21. The van der Waals surface area contributed by atoms with Gasteiger partial charge in [0.15, 0.2) is 0 Å². The van der Waals surface area contributed by atoms with Crippen LogP contribution in [-0.4, -0.2) is 30.4 Å². The van der Waals surface area contributed by atoms with Crippen LogP contribution in [0.4, 0.5) is 0 Å². The van der Waals surface area contributed by atoms with E-state index in [1.165, 1.54) is 0 Å². The first kappa shape index (κ1) is 20.5. The second kappa shape index (κ2) is 9.64. The molecule has 1 rings (SSSR count). The van der Waals surface area contributed by atoms with Crippen LogP contribution >= 0.6 is 11.6 Å². The predicted molar refractivity (Wildman–Crippen MR) is 98.1 cm³/mol. The van der Waals surface area contributed by atoms with Crippen LogP contribution in [0.1, 0.15) is 50.4 Å². The van der Waals surface area contributed by atoms with Gasteiger partial charge in [0, 0.05) is 35.6 Å². The summed E-state index contributed by atoms with van der Waals surface area (Å²) in [6.07, 6.45) is 1.77. The maximum Gasteiger partial charge on any atom is 0.251 e. The number of carbonyl (C=O) groups is 2. The highest BCUT2D eigenvalue weighted by atomic mass is 35.5. The van der Waals surface area contributed by atoms with Gasteiger partial charge in [-0.1, -0.05) is 25.4 Å². The third-order valence-electron chi connectivity index (χ3n) is 3.72. The molecule has 0 radical (unpaired) electrons. The summed E-state index contributed by atoms with van der Waals surface area (Å²) in [5.74, 6) is 0.250. The molecule has 0 bridgehead atoms. The number of hydrogen-bond acceptors (Lipinski definition) is 3. The van der Waals surface area contributed by atoms with Gasteiger partial charge in [0.05, 0.1) is 0 Å². The molecule has 0 saturated heterocycles. The molecule has 4 N–H and O–H groups in total. The monoisotopic (exact) mass is 353 g/mol. The van der Waals surface area contributed by atoms with Gasteiger partial charge in [0.2, 0.25) is 5.91 Å². The molecule has 0 fully saturated rings. The lowest BCUT2D eigenvalue weighted by Gasteiger charge is -2.31. The summed E-state index contributed by atoms with van der Waals surface area (Å²) in [5, 5.41) is 6.40. The van der Waals surface area contributed by atoms with Crippen molar-refractivity contribution >= 4 is 23.4 Å². The lowest BCUT2D eigenvalue weighted by Crippen LogP contribution is -2.52. The molecule has 24 heavy (non-hydrogen) atoms. The maximum absolute atomic E-state index is 12.1. The lowest BCUT2D eigenvalue weighted by atomic mass is 9.90. The summed E-state index contributed by atoms with van der Waals surface area (Å²) < 4.78 is 0. The average molecular weight is 354 g/mol. The van der Waals surface area contributed by atoms with Gasteiger partial charge < -0.3 is 16.4 Å². The summed E-state index contributed by atoms with van der Waals surface area (Å²) in [4.78, 5) is 24.0. The van der Waals surface area contributed by atoms with E-state index >= 15 is 0 Å². The maximum atomic E-state index is 12.1. The Hall–Kier alpha value is -1.59. The lowest BCUT2D eigenvalue weighted by molar-refractivity contribution is -0.123. The first-order valence-corrected chi connectivity index (χ1v) is 8.68. The zero-order valence-corrected chi connectivity index (χ0v) is 15.5. The van der Waals surface area contributed by atoms with Crippen LogP contribution in [0, 0.1) is 5.92 Å². The van der Waals surface area contributed by atoms with Crippen molar-refractivity contribution in [2.24, 2.45) is 11.7 Å². The van der Waals surface area contributed by atoms with Gasteiger partial charge in [-0.05, 0) is 49.9 Å². The topological polar surface area (TPSA) is 84.2 Å². The van der Waals surface area contributed by atoms with Crippen LogP contribution in [0.5, 0.6) is 0 Å². The van der Waals surface area contributed by atoms with Crippen LogP contribution in [0.2, 0.25) is 5.02 Å². The number of amides is 2. The van der Waals surface area contributed by atoms with Crippen molar-refractivity contribution in [2.75, 3.05) is 13.1 Å². The molecule has 0 aliphatic heterocycles. The van der Waals surface area contributed by atoms with Crippen LogP contribution < -0.4 is 16.4 Å². The van der Waals surface area contributed by atoms with E-state index in [0.29, 0.717) is 42.4 Å². The largest absolute Gasteiger partial charge is 0.352 e. The molecule has 0 saturated carbocycles. The molecule has 1 aromatic carbocycles. The minimum absolute atomic E-state index is 0.0376.